The van der Waals surface area contributed by atoms with Gasteiger partial charge in [0.15, 0.2) is 0 Å². The number of methoxy groups -OCH3 is 1. The zero-order chi connectivity index (χ0) is 16.5. The van der Waals surface area contributed by atoms with Crippen molar-refractivity contribution in [3.05, 3.63) is 23.8 Å². The maximum atomic E-state index is 12.9. The molecule has 122 valence electrons. The zero-order valence-corrected chi connectivity index (χ0v) is 13.7. The Morgan fingerprint density at radius 3 is 2.36 bits per heavy atom. The number of rotatable bonds is 4. The van der Waals surface area contributed by atoms with Crippen molar-refractivity contribution in [2.75, 3.05) is 20.2 Å². The number of piperidine rings is 1. The molecule has 0 unspecified atom stereocenters. The molecule has 0 aromatic heterocycles. The largest absolute Gasteiger partial charge is 0.545 e. The fourth-order valence-corrected chi connectivity index (χ4v) is 4.81. The Bertz CT molecular complexity index is 661. The van der Waals surface area contributed by atoms with Crippen LogP contribution in [0.25, 0.3) is 0 Å². The van der Waals surface area contributed by atoms with Gasteiger partial charge >= 0.3 is 0 Å². The summed E-state index contributed by atoms with van der Waals surface area (Å²) in [6, 6.07) is 3.72. The number of carboxylic acids is 1. The highest BCUT2D eigenvalue weighted by atomic mass is 32.2. The molecule has 1 aromatic carbocycles. The molecule has 0 spiro atoms. The highest BCUT2D eigenvalue weighted by Crippen LogP contribution is 2.31. The van der Waals surface area contributed by atoms with E-state index in [2.05, 4.69) is 0 Å². The van der Waals surface area contributed by atoms with E-state index in [1.807, 2.05) is 13.8 Å². The summed E-state index contributed by atoms with van der Waals surface area (Å²) >= 11 is 0. The average molecular weight is 326 g/mol. The quantitative estimate of drug-likeness (QED) is 0.814. The van der Waals surface area contributed by atoms with Crippen LogP contribution in [0.4, 0.5) is 0 Å². The second-order valence-corrected chi connectivity index (χ2v) is 7.83. The van der Waals surface area contributed by atoms with Crippen molar-refractivity contribution in [2.45, 2.75) is 25.2 Å². The second-order valence-electron chi connectivity index (χ2n) is 5.92. The van der Waals surface area contributed by atoms with Crippen LogP contribution in [0.2, 0.25) is 0 Å². The molecule has 0 bridgehead atoms. The summed E-state index contributed by atoms with van der Waals surface area (Å²) in [6.07, 6.45) is 0.974. The molecule has 6 nitrogen and oxygen atoms in total. The lowest BCUT2D eigenvalue weighted by Crippen LogP contribution is -2.42. The Morgan fingerprint density at radius 2 is 1.86 bits per heavy atom. The van der Waals surface area contributed by atoms with Gasteiger partial charge in [-0.05, 0) is 42.0 Å². The number of hydrogen-bond acceptors (Lipinski definition) is 5. The summed E-state index contributed by atoms with van der Waals surface area (Å²) in [4.78, 5) is 10.9. The van der Waals surface area contributed by atoms with E-state index in [9.17, 15) is 18.3 Å². The van der Waals surface area contributed by atoms with Gasteiger partial charge in [-0.2, -0.15) is 4.31 Å². The van der Waals surface area contributed by atoms with Gasteiger partial charge in [-0.1, -0.05) is 13.8 Å². The third-order valence-corrected chi connectivity index (χ3v) is 5.71. The maximum Gasteiger partial charge on any atom is 0.246 e. The van der Waals surface area contributed by atoms with Crippen LogP contribution in [0, 0.1) is 11.8 Å². The molecule has 0 aliphatic carbocycles. The normalized spacial score (nSPS) is 23.2. The van der Waals surface area contributed by atoms with Crippen LogP contribution in [-0.2, 0) is 10.0 Å². The predicted octanol–water partition coefficient (Wildman–Crippen LogP) is 0.725. The summed E-state index contributed by atoms with van der Waals surface area (Å²) in [6.45, 7) is 4.86. The van der Waals surface area contributed by atoms with Crippen molar-refractivity contribution in [3.63, 3.8) is 0 Å². The topological polar surface area (TPSA) is 86.7 Å². The minimum atomic E-state index is -3.81. The van der Waals surface area contributed by atoms with E-state index in [4.69, 9.17) is 4.74 Å². The molecule has 2 atom stereocenters. The lowest BCUT2D eigenvalue weighted by Gasteiger charge is -2.34. The SMILES string of the molecule is COc1ccc(C(=O)[O-])cc1S(=O)(=O)N1C[C@H](C)C[C@@H](C)C1. The molecule has 0 N–H and O–H groups in total. The van der Waals surface area contributed by atoms with Crippen molar-refractivity contribution < 1.29 is 23.1 Å². The first-order chi connectivity index (χ1) is 10.3. The molecule has 7 heteroatoms. The molecule has 1 aromatic rings. The van der Waals surface area contributed by atoms with Gasteiger partial charge in [0, 0.05) is 13.1 Å². The first kappa shape index (κ1) is 16.8. The van der Waals surface area contributed by atoms with Gasteiger partial charge in [0.05, 0.1) is 13.1 Å². The molecule has 22 heavy (non-hydrogen) atoms. The Hall–Kier alpha value is -1.60. The van der Waals surface area contributed by atoms with Gasteiger partial charge in [-0.3, -0.25) is 0 Å². The highest BCUT2D eigenvalue weighted by Gasteiger charge is 2.33. The Labute approximate surface area is 130 Å². The molecule has 0 radical (unpaired) electrons. The van der Waals surface area contributed by atoms with Crippen molar-refractivity contribution in [2.24, 2.45) is 11.8 Å². The summed E-state index contributed by atoms with van der Waals surface area (Å²) in [5, 5.41) is 11.0. The van der Waals surface area contributed by atoms with E-state index in [0.29, 0.717) is 13.1 Å². The van der Waals surface area contributed by atoms with Crippen molar-refractivity contribution in [1.82, 2.24) is 4.31 Å². The molecule has 0 amide bonds. The van der Waals surface area contributed by atoms with Gasteiger partial charge in [-0.15, -0.1) is 0 Å². The van der Waals surface area contributed by atoms with E-state index in [1.165, 1.54) is 23.5 Å². The fraction of sp³-hybridized carbons (Fsp3) is 0.533. The third kappa shape index (κ3) is 3.25. The van der Waals surface area contributed by atoms with E-state index in [-0.39, 0.29) is 28.0 Å². The molecule has 2 rings (SSSR count). The Morgan fingerprint density at radius 1 is 1.27 bits per heavy atom. The van der Waals surface area contributed by atoms with Gasteiger partial charge < -0.3 is 14.6 Å². The molecule has 1 aliphatic heterocycles. The van der Waals surface area contributed by atoms with Crippen LogP contribution in [0.5, 0.6) is 5.75 Å². The molecular weight excluding hydrogens is 306 g/mol. The van der Waals surface area contributed by atoms with Crippen LogP contribution in [0.15, 0.2) is 23.1 Å². The standard InChI is InChI=1S/C15H21NO5S/c1-10-6-11(2)9-16(8-10)22(19,20)14-7-12(15(17)18)4-5-13(14)21-3/h4-5,7,10-11H,6,8-9H2,1-3H3,(H,17,18)/p-1/t10-,11-/m1/s1. The third-order valence-electron chi connectivity index (χ3n) is 3.85. The molecule has 0 saturated carbocycles. The summed E-state index contributed by atoms with van der Waals surface area (Å²) in [5.74, 6) is -0.766. The number of aromatic carboxylic acids is 1. The van der Waals surface area contributed by atoms with Crippen LogP contribution in [-0.4, -0.2) is 38.9 Å². The number of benzene rings is 1. The van der Waals surface area contributed by atoms with Crippen LogP contribution >= 0.6 is 0 Å². The second kappa shape index (κ2) is 6.26. The number of carbonyl (C=O) groups excluding carboxylic acids is 1. The van der Waals surface area contributed by atoms with E-state index < -0.39 is 16.0 Å². The van der Waals surface area contributed by atoms with Gasteiger partial charge in [0.25, 0.3) is 0 Å². The smallest absolute Gasteiger partial charge is 0.246 e. The number of nitrogens with zero attached hydrogens (tertiary/aromatic N) is 1. The van der Waals surface area contributed by atoms with Gasteiger partial charge in [0.2, 0.25) is 10.0 Å². The molecular formula is C15H20NO5S-. The number of carbonyl (C=O) groups is 1. The highest BCUT2D eigenvalue weighted by molar-refractivity contribution is 7.89. The molecule has 1 saturated heterocycles. The van der Waals surface area contributed by atoms with Crippen LogP contribution in [0.1, 0.15) is 30.6 Å². The maximum absolute atomic E-state index is 12.9. The first-order valence-corrected chi connectivity index (χ1v) is 8.59. The van der Waals surface area contributed by atoms with Crippen LogP contribution < -0.4 is 9.84 Å². The van der Waals surface area contributed by atoms with Crippen molar-refractivity contribution >= 4 is 16.0 Å². The number of sulfonamides is 1. The lowest BCUT2D eigenvalue weighted by atomic mass is 9.94. The zero-order valence-electron chi connectivity index (χ0n) is 12.9. The lowest BCUT2D eigenvalue weighted by molar-refractivity contribution is -0.255. The average Bonchev–Trinajstić information content (AvgIpc) is 2.45. The number of carboxylic acid groups (broad SMARTS) is 1. The number of ether oxygens (including phenoxy) is 1. The molecule has 1 heterocycles. The fourth-order valence-electron chi connectivity index (χ4n) is 2.95. The number of hydrogen-bond donors (Lipinski definition) is 0. The Balaban J connectivity index is 2.48. The minimum Gasteiger partial charge on any atom is -0.545 e. The Kier molecular flexibility index (Phi) is 4.77. The summed E-state index contributed by atoms with van der Waals surface area (Å²) in [7, 11) is -2.45. The van der Waals surface area contributed by atoms with Crippen molar-refractivity contribution in [3.8, 4) is 5.75 Å². The van der Waals surface area contributed by atoms with E-state index >= 15 is 0 Å². The monoisotopic (exact) mass is 326 g/mol. The molecule has 1 aliphatic rings. The first-order valence-electron chi connectivity index (χ1n) is 7.15. The van der Waals surface area contributed by atoms with E-state index in [1.54, 1.807) is 0 Å². The van der Waals surface area contributed by atoms with Gasteiger partial charge in [-0.25, -0.2) is 8.42 Å². The van der Waals surface area contributed by atoms with Crippen molar-refractivity contribution in [1.29, 1.82) is 0 Å². The van der Waals surface area contributed by atoms with Gasteiger partial charge in [0.1, 0.15) is 10.6 Å². The van der Waals surface area contributed by atoms with Crippen LogP contribution in [0.3, 0.4) is 0 Å². The van der Waals surface area contributed by atoms with E-state index in [0.717, 1.165) is 12.5 Å². The summed E-state index contributed by atoms with van der Waals surface area (Å²) < 4.78 is 32.2. The summed E-state index contributed by atoms with van der Waals surface area (Å²) in [5.41, 5.74) is -0.183. The predicted molar refractivity (Wildman–Crippen MR) is 79.0 cm³/mol. The molecule has 1 fully saturated rings. The minimum absolute atomic E-state index is 0.127.